The molecule has 0 saturated carbocycles. The summed E-state index contributed by atoms with van der Waals surface area (Å²) in [5.41, 5.74) is 5.10. The summed E-state index contributed by atoms with van der Waals surface area (Å²) in [4.78, 5) is 40.8. The molecule has 3 atom stereocenters. The van der Waals surface area contributed by atoms with E-state index >= 15 is 0 Å². The third-order valence-electron chi connectivity index (χ3n) is 6.47. The molecule has 4 rings (SSSR count). The highest BCUT2D eigenvalue weighted by Crippen LogP contribution is 2.33. The van der Waals surface area contributed by atoms with Gasteiger partial charge in [0.25, 0.3) is 5.91 Å². The Morgan fingerprint density at radius 1 is 1.15 bits per heavy atom. The van der Waals surface area contributed by atoms with Crippen LogP contribution in [0.3, 0.4) is 0 Å². The van der Waals surface area contributed by atoms with Crippen molar-refractivity contribution in [3.63, 3.8) is 0 Å². The molecule has 2 aromatic carbocycles. The molecular weight excluding hydrogens is 416 g/mol. The van der Waals surface area contributed by atoms with Crippen LogP contribution in [0.4, 0.5) is 5.69 Å². The second kappa shape index (κ2) is 9.29. The Kier molecular flexibility index (Phi) is 6.27. The van der Waals surface area contributed by atoms with Crippen molar-refractivity contribution in [3.8, 4) is 6.07 Å². The van der Waals surface area contributed by atoms with Crippen LogP contribution in [0, 0.1) is 23.2 Å². The topological polar surface area (TPSA) is 93.5 Å². The van der Waals surface area contributed by atoms with Crippen LogP contribution in [0.5, 0.6) is 0 Å². The van der Waals surface area contributed by atoms with E-state index in [1.54, 1.807) is 41.3 Å². The van der Waals surface area contributed by atoms with Crippen molar-refractivity contribution in [2.24, 2.45) is 11.8 Å². The fraction of sp³-hybridized carbons (Fsp3) is 0.308. The van der Waals surface area contributed by atoms with Crippen molar-refractivity contribution in [2.75, 3.05) is 11.6 Å². The molecule has 33 heavy (non-hydrogen) atoms. The number of amides is 3. The van der Waals surface area contributed by atoms with Gasteiger partial charge in [-0.05, 0) is 62.6 Å². The molecule has 1 saturated heterocycles. The van der Waals surface area contributed by atoms with Gasteiger partial charge < -0.3 is 4.90 Å². The fourth-order valence-electron chi connectivity index (χ4n) is 4.54. The van der Waals surface area contributed by atoms with E-state index in [1.165, 1.54) is 5.01 Å². The molecule has 1 fully saturated rings. The van der Waals surface area contributed by atoms with Gasteiger partial charge in [0.2, 0.25) is 11.8 Å². The van der Waals surface area contributed by atoms with E-state index in [-0.39, 0.29) is 35.6 Å². The Morgan fingerprint density at radius 2 is 1.85 bits per heavy atom. The molecular formula is C26H26N4O3. The standard InChI is InChI=1S/C26H26N4O3/c1-3-29(17(2)19-13-11-18(16-27)12-14-19)25(32)20-7-6-8-21(15-20)30-26(33)23-10-5-4-9-22(23)24(31)28-30/h4-8,11-15,17,22-23H,3,9-10H2,1-2H3,(H,28,31). The maximum atomic E-state index is 13.4. The molecule has 7 nitrogen and oxygen atoms in total. The van der Waals surface area contributed by atoms with Gasteiger partial charge in [0.15, 0.2) is 0 Å². The van der Waals surface area contributed by atoms with Gasteiger partial charge in [0.05, 0.1) is 35.2 Å². The highest BCUT2D eigenvalue weighted by atomic mass is 16.2. The first-order chi connectivity index (χ1) is 15.9. The number of hydrogen-bond donors (Lipinski definition) is 1. The summed E-state index contributed by atoms with van der Waals surface area (Å²) >= 11 is 0. The highest BCUT2D eigenvalue weighted by molar-refractivity contribution is 6.05. The van der Waals surface area contributed by atoms with Crippen molar-refractivity contribution >= 4 is 23.4 Å². The molecule has 1 aliphatic heterocycles. The summed E-state index contributed by atoms with van der Waals surface area (Å²) in [6, 6.07) is 15.9. The van der Waals surface area contributed by atoms with Crippen LogP contribution in [0.1, 0.15) is 54.2 Å². The quantitative estimate of drug-likeness (QED) is 0.714. The summed E-state index contributed by atoms with van der Waals surface area (Å²) in [5, 5.41) is 10.3. The minimum absolute atomic E-state index is 0.160. The zero-order chi connectivity index (χ0) is 23.5. The molecule has 3 unspecified atom stereocenters. The van der Waals surface area contributed by atoms with Crippen molar-refractivity contribution in [1.29, 1.82) is 5.26 Å². The number of allylic oxidation sites excluding steroid dienone is 2. The molecule has 7 heteroatoms. The Balaban J connectivity index is 1.58. The smallest absolute Gasteiger partial charge is 0.254 e. The lowest BCUT2D eigenvalue weighted by atomic mass is 9.80. The maximum absolute atomic E-state index is 13.4. The molecule has 1 aliphatic carbocycles. The summed E-state index contributed by atoms with van der Waals surface area (Å²) < 4.78 is 0. The van der Waals surface area contributed by atoms with Gasteiger partial charge in [0.1, 0.15) is 0 Å². The number of nitrogens with one attached hydrogen (secondary N) is 1. The van der Waals surface area contributed by atoms with E-state index in [1.807, 2.05) is 38.1 Å². The molecule has 0 radical (unpaired) electrons. The predicted octanol–water partition coefficient (Wildman–Crippen LogP) is 3.74. The van der Waals surface area contributed by atoms with Crippen LogP contribution in [0.25, 0.3) is 0 Å². The number of carbonyl (C=O) groups excluding carboxylic acids is 3. The van der Waals surface area contributed by atoms with Crippen LogP contribution in [-0.4, -0.2) is 29.2 Å². The van der Waals surface area contributed by atoms with E-state index < -0.39 is 0 Å². The average molecular weight is 443 g/mol. The average Bonchev–Trinajstić information content (AvgIpc) is 2.86. The molecule has 2 aliphatic rings. The largest absolute Gasteiger partial charge is 0.332 e. The zero-order valence-corrected chi connectivity index (χ0v) is 18.7. The number of nitrogens with zero attached hydrogens (tertiary/aromatic N) is 3. The molecule has 1 N–H and O–H groups in total. The second-order valence-corrected chi connectivity index (χ2v) is 8.36. The molecule has 3 amide bonds. The Hall–Kier alpha value is -3.92. The zero-order valence-electron chi connectivity index (χ0n) is 18.7. The van der Waals surface area contributed by atoms with Crippen LogP contribution >= 0.6 is 0 Å². The van der Waals surface area contributed by atoms with E-state index in [2.05, 4.69) is 11.5 Å². The first-order valence-electron chi connectivity index (χ1n) is 11.1. The Bertz CT molecular complexity index is 1150. The minimum atomic E-state index is -0.383. The molecule has 2 aromatic rings. The lowest BCUT2D eigenvalue weighted by Crippen LogP contribution is -2.59. The maximum Gasteiger partial charge on any atom is 0.254 e. The van der Waals surface area contributed by atoms with Gasteiger partial charge in [0, 0.05) is 12.1 Å². The summed E-state index contributed by atoms with van der Waals surface area (Å²) in [5.74, 6) is -1.23. The van der Waals surface area contributed by atoms with Gasteiger partial charge in [-0.3, -0.25) is 19.8 Å². The number of hydrogen-bond acceptors (Lipinski definition) is 4. The van der Waals surface area contributed by atoms with Gasteiger partial charge >= 0.3 is 0 Å². The van der Waals surface area contributed by atoms with Crippen molar-refractivity contribution in [2.45, 2.75) is 32.7 Å². The first kappa shape index (κ1) is 22.3. The van der Waals surface area contributed by atoms with Crippen LogP contribution in [-0.2, 0) is 9.59 Å². The van der Waals surface area contributed by atoms with Gasteiger partial charge in [-0.2, -0.15) is 5.26 Å². The number of fused-ring (bicyclic) bond motifs is 1. The van der Waals surface area contributed by atoms with Crippen molar-refractivity contribution < 1.29 is 14.4 Å². The lowest BCUT2D eigenvalue weighted by molar-refractivity contribution is -0.139. The normalized spacial score (nSPS) is 20.5. The lowest BCUT2D eigenvalue weighted by Gasteiger charge is -2.38. The minimum Gasteiger partial charge on any atom is -0.332 e. The van der Waals surface area contributed by atoms with Gasteiger partial charge in [-0.1, -0.05) is 30.4 Å². The van der Waals surface area contributed by atoms with Crippen LogP contribution < -0.4 is 10.4 Å². The molecule has 0 aromatic heterocycles. The number of rotatable bonds is 5. The second-order valence-electron chi connectivity index (χ2n) is 8.36. The fourth-order valence-corrected chi connectivity index (χ4v) is 4.54. The van der Waals surface area contributed by atoms with E-state index in [9.17, 15) is 14.4 Å². The van der Waals surface area contributed by atoms with E-state index in [0.29, 0.717) is 36.2 Å². The third kappa shape index (κ3) is 4.24. The monoisotopic (exact) mass is 442 g/mol. The number of nitriles is 1. The van der Waals surface area contributed by atoms with Gasteiger partial charge in [-0.25, -0.2) is 5.01 Å². The third-order valence-corrected chi connectivity index (χ3v) is 6.47. The summed E-state index contributed by atoms with van der Waals surface area (Å²) in [6.07, 6.45) is 4.99. The number of anilines is 1. The molecule has 0 bridgehead atoms. The van der Waals surface area contributed by atoms with Crippen LogP contribution in [0.2, 0.25) is 0 Å². The SMILES string of the molecule is CCN(C(=O)c1cccc(N2NC(=O)C3CC=CCC3C2=O)c1)C(C)c1ccc(C#N)cc1. The first-order valence-corrected chi connectivity index (χ1v) is 11.1. The van der Waals surface area contributed by atoms with E-state index in [0.717, 1.165) is 5.56 Å². The van der Waals surface area contributed by atoms with Crippen molar-refractivity contribution in [3.05, 3.63) is 77.4 Å². The molecule has 0 spiro atoms. The van der Waals surface area contributed by atoms with Gasteiger partial charge in [-0.15, -0.1) is 0 Å². The molecule has 1 heterocycles. The number of benzene rings is 2. The number of hydrazine groups is 1. The van der Waals surface area contributed by atoms with Crippen LogP contribution in [0.15, 0.2) is 60.7 Å². The van der Waals surface area contributed by atoms with E-state index in [4.69, 9.17) is 5.26 Å². The summed E-state index contributed by atoms with van der Waals surface area (Å²) in [6.45, 7) is 4.34. The Morgan fingerprint density at radius 3 is 2.52 bits per heavy atom. The number of carbonyl (C=O) groups is 3. The van der Waals surface area contributed by atoms with Crippen molar-refractivity contribution in [1.82, 2.24) is 10.3 Å². The summed E-state index contributed by atoms with van der Waals surface area (Å²) in [7, 11) is 0. The molecule has 168 valence electrons. The Labute approximate surface area is 193 Å². The highest BCUT2D eigenvalue weighted by Gasteiger charge is 2.42. The predicted molar refractivity (Wildman–Crippen MR) is 124 cm³/mol.